The summed E-state index contributed by atoms with van der Waals surface area (Å²) in [6, 6.07) is 15.7. The van der Waals surface area contributed by atoms with Gasteiger partial charge in [-0.3, -0.25) is 0 Å². The molecule has 0 bridgehead atoms. The molecule has 0 aliphatic carbocycles. The maximum atomic E-state index is 6.11. The van der Waals surface area contributed by atoms with Gasteiger partial charge in [-0.05, 0) is 17.7 Å². The average molecular weight is 274 g/mol. The van der Waals surface area contributed by atoms with Crippen LogP contribution < -0.4 is 10.1 Å². The summed E-state index contributed by atoms with van der Waals surface area (Å²) in [4.78, 5) is 0. The zero-order valence-electron chi connectivity index (χ0n) is 10.8. The average Bonchev–Trinajstić information content (AvgIpc) is 2.46. The summed E-state index contributed by atoms with van der Waals surface area (Å²) in [5, 5.41) is 3.95. The van der Waals surface area contributed by atoms with Crippen LogP contribution in [0, 0.1) is 0 Å². The van der Waals surface area contributed by atoms with Gasteiger partial charge in [0.1, 0.15) is 5.75 Å². The molecule has 19 heavy (non-hydrogen) atoms. The van der Waals surface area contributed by atoms with Crippen LogP contribution in [0.5, 0.6) is 5.75 Å². The number of hydrogen-bond acceptors (Lipinski definition) is 2. The molecule has 98 valence electrons. The second-order valence-electron chi connectivity index (χ2n) is 4.04. The van der Waals surface area contributed by atoms with E-state index < -0.39 is 0 Å². The van der Waals surface area contributed by atoms with Gasteiger partial charge in [0.2, 0.25) is 0 Å². The Morgan fingerprint density at radius 1 is 1.16 bits per heavy atom. The predicted octanol–water partition coefficient (Wildman–Crippen LogP) is 4.47. The number of anilines is 1. The summed E-state index contributed by atoms with van der Waals surface area (Å²) in [5.41, 5.74) is 2.06. The maximum absolute atomic E-state index is 6.11. The van der Waals surface area contributed by atoms with Crippen LogP contribution >= 0.6 is 11.6 Å². The SMILES string of the molecule is COc1ccc(Cl)c(NCC=Cc2ccccc2)c1. The molecule has 2 aromatic rings. The van der Waals surface area contributed by atoms with E-state index >= 15 is 0 Å². The Balaban J connectivity index is 1.94. The lowest BCUT2D eigenvalue weighted by Crippen LogP contribution is -1.99. The van der Waals surface area contributed by atoms with E-state index in [9.17, 15) is 0 Å². The zero-order chi connectivity index (χ0) is 13.5. The topological polar surface area (TPSA) is 21.3 Å². The van der Waals surface area contributed by atoms with Gasteiger partial charge in [-0.2, -0.15) is 0 Å². The van der Waals surface area contributed by atoms with Gasteiger partial charge in [0.25, 0.3) is 0 Å². The molecule has 0 spiro atoms. The number of nitrogens with one attached hydrogen (secondary N) is 1. The van der Waals surface area contributed by atoms with Crippen molar-refractivity contribution in [3.05, 3.63) is 65.2 Å². The van der Waals surface area contributed by atoms with Crippen molar-refractivity contribution in [3.63, 3.8) is 0 Å². The quantitative estimate of drug-likeness (QED) is 0.868. The third-order valence-electron chi connectivity index (χ3n) is 2.69. The maximum Gasteiger partial charge on any atom is 0.121 e. The van der Waals surface area contributed by atoms with Crippen LogP contribution in [0.2, 0.25) is 5.02 Å². The highest BCUT2D eigenvalue weighted by atomic mass is 35.5. The predicted molar refractivity (Wildman–Crippen MR) is 82.0 cm³/mol. The van der Waals surface area contributed by atoms with Gasteiger partial charge in [0.05, 0.1) is 17.8 Å². The standard InChI is InChI=1S/C16H16ClNO/c1-19-14-9-10-15(17)16(12-14)18-11-5-8-13-6-3-2-4-7-13/h2-10,12,18H,11H2,1H3. The number of hydrogen-bond donors (Lipinski definition) is 1. The van der Waals surface area contributed by atoms with E-state index in [1.54, 1.807) is 7.11 Å². The number of ether oxygens (including phenoxy) is 1. The molecule has 0 radical (unpaired) electrons. The number of benzene rings is 2. The molecule has 3 heteroatoms. The van der Waals surface area contributed by atoms with Crippen molar-refractivity contribution < 1.29 is 4.74 Å². The van der Waals surface area contributed by atoms with E-state index in [0.29, 0.717) is 11.6 Å². The van der Waals surface area contributed by atoms with Gasteiger partial charge in [0, 0.05) is 12.6 Å². The van der Waals surface area contributed by atoms with Crippen LogP contribution in [0.1, 0.15) is 5.56 Å². The van der Waals surface area contributed by atoms with E-state index in [2.05, 4.69) is 29.6 Å². The molecule has 2 rings (SSSR count). The van der Waals surface area contributed by atoms with Crippen molar-refractivity contribution in [2.24, 2.45) is 0 Å². The molecule has 0 aliphatic rings. The van der Waals surface area contributed by atoms with Crippen molar-refractivity contribution in [1.82, 2.24) is 0 Å². The van der Waals surface area contributed by atoms with Crippen LogP contribution in [0.15, 0.2) is 54.6 Å². The fourth-order valence-electron chi connectivity index (χ4n) is 1.69. The Kier molecular flexibility index (Phi) is 4.87. The molecule has 0 atom stereocenters. The summed E-state index contributed by atoms with van der Waals surface area (Å²) in [6.07, 6.45) is 4.13. The van der Waals surface area contributed by atoms with E-state index in [1.807, 2.05) is 36.4 Å². The lowest BCUT2D eigenvalue weighted by atomic mass is 10.2. The van der Waals surface area contributed by atoms with E-state index in [0.717, 1.165) is 11.4 Å². The van der Waals surface area contributed by atoms with Crippen LogP contribution in [-0.4, -0.2) is 13.7 Å². The molecule has 2 aromatic carbocycles. The van der Waals surface area contributed by atoms with Crippen molar-refractivity contribution in [1.29, 1.82) is 0 Å². The first kappa shape index (κ1) is 13.5. The van der Waals surface area contributed by atoms with Gasteiger partial charge >= 0.3 is 0 Å². The number of methoxy groups -OCH3 is 1. The second-order valence-corrected chi connectivity index (χ2v) is 4.45. The van der Waals surface area contributed by atoms with E-state index in [1.165, 1.54) is 5.56 Å². The summed E-state index contributed by atoms with van der Waals surface area (Å²) < 4.78 is 5.17. The van der Waals surface area contributed by atoms with Crippen molar-refractivity contribution in [2.75, 3.05) is 19.0 Å². The van der Waals surface area contributed by atoms with Crippen LogP contribution in [-0.2, 0) is 0 Å². The molecule has 1 N–H and O–H groups in total. The summed E-state index contributed by atoms with van der Waals surface area (Å²) in [5.74, 6) is 0.791. The van der Waals surface area contributed by atoms with Gasteiger partial charge in [-0.15, -0.1) is 0 Å². The van der Waals surface area contributed by atoms with E-state index in [-0.39, 0.29) is 0 Å². The molecular formula is C16H16ClNO. The highest BCUT2D eigenvalue weighted by Gasteiger charge is 2.00. The summed E-state index contributed by atoms with van der Waals surface area (Å²) in [7, 11) is 1.64. The van der Waals surface area contributed by atoms with Gasteiger partial charge in [-0.25, -0.2) is 0 Å². The molecule has 0 aliphatic heterocycles. The molecule has 0 aromatic heterocycles. The van der Waals surface area contributed by atoms with Gasteiger partial charge < -0.3 is 10.1 Å². The first-order chi connectivity index (χ1) is 9.29. The van der Waals surface area contributed by atoms with Gasteiger partial charge in [-0.1, -0.05) is 54.1 Å². The Morgan fingerprint density at radius 3 is 2.68 bits per heavy atom. The minimum Gasteiger partial charge on any atom is -0.497 e. The lowest BCUT2D eigenvalue weighted by molar-refractivity contribution is 0.415. The Hall–Kier alpha value is -1.93. The fourth-order valence-corrected chi connectivity index (χ4v) is 1.88. The normalized spacial score (nSPS) is 10.6. The first-order valence-corrected chi connectivity index (χ1v) is 6.46. The van der Waals surface area contributed by atoms with E-state index in [4.69, 9.17) is 16.3 Å². The molecule has 0 heterocycles. The number of rotatable bonds is 5. The largest absolute Gasteiger partial charge is 0.497 e. The molecule has 0 unspecified atom stereocenters. The monoisotopic (exact) mass is 273 g/mol. The Labute approximate surface area is 118 Å². The molecule has 0 saturated heterocycles. The molecular weight excluding hydrogens is 258 g/mol. The molecule has 0 saturated carbocycles. The zero-order valence-corrected chi connectivity index (χ0v) is 11.5. The summed E-state index contributed by atoms with van der Waals surface area (Å²) in [6.45, 7) is 0.710. The van der Waals surface area contributed by atoms with Crippen LogP contribution in [0.4, 0.5) is 5.69 Å². The molecule has 2 nitrogen and oxygen atoms in total. The summed E-state index contributed by atoms with van der Waals surface area (Å²) >= 11 is 6.11. The molecule has 0 fully saturated rings. The highest BCUT2D eigenvalue weighted by molar-refractivity contribution is 6.33. The van der Waals surface area contributed by atoms with Gasteiger partial charge in [0.15, 0.2) is 0 Å². The lowest BCUT2D eigenvalue weighted by Gasteiger charge is -2.08. The van der Waals surface area contributed by atoms with Crippen molar-refractivity contribution in [2.45, 2.75) is 0 Å². The third kappa shape index (κ3) is 4.04. The van der Waals surface area contributed by atoms with Crippen molar-refractivity contribution in [3.8, 4) is 5.75 Å². The first-order valence-electron chi connectivity index (χ1n) is 6.08. The highest BCUT2D eigenvalue weighted by Crippen LogP contribution is 2.26. The second kappa shape index (κ2) is 6.86. The Morgan fingerprint density at radius 2 is 1.95 bits per heavy atom. The van der Waals surface area contributed by atoms with Crippen LogP contribution in [0.3, 0.4) is 0 Å². The smallest absolute Gasteiger partial charge is 0.121 e. The van der Waals surface area contributed by atoms with Crippen molar-refractivity contribution >= 4 is 23.4 Å². The third-order valence-corrected chi connectivity index (χ3v) is 3.02. The molecule has 0 amide bonds. The fraction of sp³-hybridized carbons (Fsp3) is 0.125. The minimum absolute atomic E-state index is 0.689. The van der Waals surface area contributed by atoms with Crippen LogP contribution in [0.25, 0.3) is 6.08 Å². The Bertz CT molecular complexity index is 552. The number of halogens is 1. The minimum atomic E-state index is 0.689.